The molecule has 3 rings (SSSR count). The summed E-state index contributed by atoms with van der Waals surface area (Å²) >= 11 is 0. The van der Waals surface area contributed by atoms with E-state index < -0.39 is 0 Å². The van der Waals surface area contributed by atoms with E-state index in [1.165, 1.54) is 11.1 Å². The molecule has 2 aromatic carbocycles. The van der Waals surface area contributed by atoms with Crippen molar-refractivity contribution in [1.29, 1.82) is 0 Å². The molecule has 0 amide bonds. The first kappa shape index (κ1) is 14.1. The predicted molar refractivity (Wildman–Crippen MR) is 87.2 cm³/mol. The van der Waals surface area contributed by atoms with Crippen molar-refractivity contribution >= 4 is 5.82 Å². The van der Waals surface area contributed by atoms with Gasteiger partial charge < -0.3 is 10.5 Å². The minimum atomic E-state index is 0.493. The summed E-state index contributed by atoms with van der Waals surface area (Å²) in [5.74, 6) is 1.19. The fourth-order valence-corrected chi connectivity index (χ4v) is 2.37. The minimum absolute atomic E-state index is 0.493. The summed E-state index contributed by atoms with van der Waals surface area (Å²) in [6.45, 7) is 4.15. The normalized spacial score (nSPS) is 10.7. The molecule has 0 saturated heterocycles. The maximum atomic E-state index is 6.26. The van der Waals surface area contributed by atoms with Crippen molar-refractivity contribution in [3.63, 3.8) is 0 Å². The first-order valence-corrected chi connectivity index (χ1v) is 7.04. The second-order valence-corrected chi connectivity index (χ2v) is 5.21. The number of ether oxygens (including phenoxy) is 1. The van der Waals surface area contributed by atoms with Crippen LogP contribution in [0.25, 0.3) is 16.9 Å². The Morgan fingerprint density at radius 2 is 1.82 bits per heavy atom. The highest BCUT2D eigenvalue weighted by Crippen LogP contribution is 2.29. The molecular formula is C17H18N4O. The Morgan fingerprint density at radius 3 is 2.55 bits per heavy atom. The predicted octanol–water partition coefficient (Wildman–Crippen LogP) is 3.14. The third kappa shape index (κ3) is 2.30. The van der Waals surface area contributed by atoms with E-state index >= 15 is 0 Å². The van der Waals surface area contributed by atoms with Crippen molar-refractivity contribution in [3.05, 3.63) is 53.6 Å². The van der Waals surface area contributed by atoms with Gasteiger partial charge in [-0.3, -0.25) is 0 Å². The van der Waals surface area contributed by atoms with E-state index in [-0.39, 0.29) is 0 Å². The number of hydrogen-bond acceptors (Lipinski definition) is 4. The van der Waals surface area contributed by atoms with Gasteiger partial charge in [-0.1, -0.05) is 29.5 Å². The molecule has 5 heteroatoms. The highest BCUT2D eigenvalue weighted by molar-refractivity contribution is 5.72. The number of anilines is 1. The molecule has 112 valence electrons. The van der Waals surface area contributed by atoms with Crippen LogP contribution in [-0.2, 0) is 0 Å². The van der Waals surface area contributed by atoms with Gasteiger partial charge in [-0.15, -0.1) is 5.10 Å². The molecule has 2 N–H and O–H groups in total. The number of methoxy groups -OCH3 is 1. The molecule has 0 bridgehead atoms. The van der Waals surface area contributed by atoms with Gasteiger partial charge in [0.05, 0.1) is 7.11 Å². The fourth-order valence-electron chi connectivity index (χ4n) is 2.37. The maximum absolute atomic E-state index is 6.26. The lowest BCUT2D eigenvalue weighted by Gasteiger charge is -2.09. The summed E-state index contributed by atoms with van der Waals surface area (Å²) in [4.78, 5) is 0. The second-order valence-electron chi connectivity index (χ2n) is 5.21. The van der Waals surface area contributed by atoms with Gasteiger partial charge >= 0.3 is 0 Å². The SMILES string of the molecule is COc1ccccc1-n1nnc(-c2ccc(C)c(C)c2)c1N. The molecule has 0 aliphatic rings. The summed E-state index contributed by atoms with van der Waals surface area (Å²) in [6, 6.07) is 13.7. The molecule has 0 unspecified atom stereocenters. The van der Waals surface area contributed by atoms with Crippen molar-refractivity contribution in [2.45, 2.75) is 13.8 Å². The fraction of sp³-hybridized carbons (Fsp3) is 0.176. The van der Waals surface area contributed by atoms with Crippen LogP contribution in [0.4, 0.5) is 5.82 Å². The molecule has 0 aliphatic carbocycles. The van der Waals surface area contributed by atoms with E-state index in [9.17, 15) is 0 Å². The van der Waals surface area contributed by atoms with Gasteiger partial charge in [0, 0.05) is 5.56 Å². The van der Waals surface area contributed by atoms with E-state index in [0.29, 0.717) is 17.3 Å². The average Bonchev–Trinajstić information content (AvgIpc) is 2.91. The zero-order valence-corrected chi connectivity index (χ0v) is 12.9. The first-order chi connectivity index (χ1) is 10.6. The van der Waals surface area contributed by atoms with Crippen molar-refractivity contribution in [2.24, 2.45) is 0 Å². The van der Waals surface area contributed by atoms with Crippen molar-refractivity contribution in [2.75, 3.05) is 12.8 Å². The summed E-state index contributed by atoms with van der Waals surface area (Å²) in [7, 11) is 1.62. The Kier molecular flexibility index (Phi) is 3.55. The topological polar surface area (TPSA) is 66.0 Å². The van der Waals surface area contributed by atoms with Crippen LogP contribution in [0, 0.1) is 13.8 Å². The quantitative estimate of drug-likeness (QED) is 0.806. The van der Waals surface area contributed by atoms with Crippen LogP contribution in [-0.4, -0.2) is 22.1 Å². The van der Waals surface area contributed by atoms with Crippen LogP contribution < -0.4 is 10.5 Å². The van der Waals surface area contributed by atoms with Gasteiger partial charge in [0.25, 0.3) is 0 Å². The molecule has 5 nitrogen and oxygen atoms in total. The van der Waals surface area contributed by atoms with Crippen LogP contribution in [0.3, 0.4) is 0 Å². The van der Waals surface area contributed by atoms with Gasteiger partial charge in [-0.2, -0.15) is 4.68 Å². The molecule has 0 atom stereocenters. The van der Waals surface area contributed by atoms with E-state index in [4.69, 9.17) is 10.5 Å². The molecule has 1 heterocycles. The lowest BCUT2D eigenvalue weighted by atomic mass is 10.0. The van der Waals surface area contributed by atoms with E-state index in [1.54, 1.807) is 11.8 Å². The largest absolute Gasteiger partial charge is 0.494 e. The van der Waals surface area contributed by atoms with Crippen molar-refractivity contribution < 1.29 is 4.74 Å². The Hall–Kier alpha value is -2.82. The van der Waals surface area contributed by atoms with Crippen molar-refractivity contribution in [3.8, 4) is 22.7 Å². The number of nitrogens with zero attached hydrogens (tertiary/aromatic N) is 3. The number of nitrogens with two attached hydrogens (primary N) is 1. The molecule has 0 saturated carbocycles. The first-order valence-electron chi connectivity index (χ1n) is 7.04. The standard InChI is InChI=1S/C17H18N4O/c1-11-8-9-13(10-12(11)2)16-17(18)21(20-19-16)14-6-4-5-7-15(14)22-3/h4-10H,18H2,1-3H3. The van der Waals surface area contributed by atoms with Gasteiger partial charge in [-0.05, 0) is 43.2 Å². The minimum Gasteiger partial charge on any atom is -0.494 e. The molecule has 0 radical (unpaired) electrons. The van der Waals surface area contributed by atoms with Gasteiger partial charge in [-0.25, -0.2) is 0 Å². The Balaban J connectivity index is 2.11. The zero-order valence-electron chi connectivity index (χ0n) is 12.9. The molecule has 0 spiro atoms. The van der Waals surface area contributed by atoms with Gasteiger partial charge in [0.1, 0.15) is 17.1 Å². The van der Waals surface area contributed by atoms with Crippen LogP contribution in [0.1, 0.15) is 11.1 Å². The Morgan fingerprint density at radius 1 is 1.05 bits per heavy atom. The summed E-state index contributed by atoms with van der Waals surface area (Å²) in [5, 5.41) is 8.43. The number of aryl methyl sites for hydroxylation is 2. The number of nitrogen functional groups attached to an aromatic ring is 1. The molecule has 0 fully saturated rings. The third-order valence-corrected chi connectivity index (χ3v) is 3.80. The average molecular weight is 294 g/mol. The Bertz CT molecular complexity index is 823. The van der Waals surface area contributed by atoms with Gasteiger partial charge in [0.2, 0.25) is 0 Å². The van der Waals surface area contributed by atoms with Crippen LogP contribution in [0.15, 0.2) is 42.5 Å². The molecule has 0 aliphatic heterocycles. The van der Waals surface area contributed by atoms with Gasteiger partial charge in [0.15, 0.2) is 5.82 Å². The smallest absolute Gasteiger partial charge is 0.156 e. The summed E-state index contributed by atoms with van der Waals surface area (Å²) in [6.07, 6.45) is 0. The molecule has 22 heavy (non-hydrogen) atoms. The second kappa shape index (κ2) is 5.52. The maximum Gasteiger partial charge on any atom is 0.156 e. The van der Waals surface area contributed by atoms with Crippen LogP contribution in [0.5, 0.6) is 5.75 Å². The molecule has 3 aromatic rings. The van der Waals surface area contributed by atoms with E-state index in [0.717, 1.165) is 11.3 Å². The van der Waals surface area contributed by atoms with Crippen molar-refractivity contribution in [1.82, 2.24) is 15.0 Å². The summed E-state index contributed by atoms with van der Waals surface area (Å²) in [5.41, 5.74) is 11.1. The number of para-hydroxylation sites is 2. The van der Waals surface area contributed by atoms with Crippen LogP contribution >= 0.6 is 0 Å². The lowest BCUT2D eigenvalue weighted by molar-refractivity contribution is 0.411. The third-order valence-electron chi connectivity index (χ3n) is 3.80. The van der Waals surface area contributed by atoms with Crippen LogP contribution in [0.2, 0.25) is 0 Å². The molecular weight excluding hydrogens is 276 g/mol. The highest BCUT2D eigenvalue weighted by atomic mass is 16.5. The highest BCUT2D eigenvalue weighted by Gasteiger charge is 2.15. The number of aromatic nitrogens is 3. The number of rotatable bonds is 3. The lowest BCUT2D eigenvalue weighted by Crippen LogP contribution is -2.04. The van der Waals surface area contributed by atoms with E-state index in [1.807, 2.05) is 30.3 Å². The van der Waals surface area contributed by atoms with E-state index in [2.05, 4.69) is 36.3 Å². The number of benzene rings is 2. The zero-order chi connectivity index (χ0) is 15.7. The Labute approximate surface area is 129 Å². The monoisotopic (exact) mass is 294 g/mol. The molecule has 1 aromatic heterocycles. The number of hydrogen-bond donors (Lipinski definition) is 1. The summed E-state index contributed by atoms with van der Waals surface area (Å²) < 4.78 is 6.96.